The second-order valence-electron chi connectivity index (χ2n) is 6.16. The summed E-state index contributed by atoms with van der Waals surface area (Å²) in [6, 6.07) is 0.752. The summed E-state index contributed by atoms with van der Waals surface area (Å²) in [5.74, 6) is 0.596. The lowest BCUT2D eigenvalue weighted by Crippen LogP contribution is -2.43. The van der Waals surface area contributed by atoms with Gasteiger partial charge in [0.25, 0.3) is 0 Å². The molecule has 0 saturated heterocycles. The molecule has 0 aromatic heterocycles. The van der Waals surface area contributed by atoms with Crippen molar-refractivity contribution in [3.05, 3.63) is 0 Å². The quantitative estimate of drug-likeness (QED) is 0.820. The Balaban J connectivity index is 0.00000180. The second kappa shape index (κ2) is 8.80. The Bertz CT molecular complexity index is 257. The summed E-state index contributed by atoms with van der Waals surface area (Å²) < 4.78 is 0. The summed E-state index contributed by atoms with van der Waals surface area (Å²) in [5, 5.41) is 3.26. The summed E-state index contributed by atoms with van der Waals surface area (Å²) in [6.45, 7) is 0. The maximum Gasteiger partial charge on any atom is 0.223 e. The molecule has 3 nitrogen and oxygen atoms in total. The highest BCUT2D eigenvalue weighted by Gasteiger charge is 2.24. The normalized spacial score (nSPS) is 29.7. The average Bonchev–Trinajstić information content (AvgIpc) is 2.31. The van der Waals surface area contributed by atoms with Gasteiger partial charge in [0.1, 0.15) is 0 Å². The Labute approximate surface area is 123 Å². The Kier molecular flexibility index (Phi) is 7.77. The van der Waals surface area contributed by atoms with E-state index in [4.69, 9.17) is 5.73 Å². The third kappa shape index (κ3) is 5.70. The smallest absolute Gasteiger partial charge is 0.223 e. The van der Waals surface area contributed by atoms with E-state index in [0.29, 0.717) is 18.0 Å². The highest BCUT2D eigenvalue weighted by molar-refractivity contribution is 5.85. The number of hydrogen-bond acceptors (Lipinski definition) is 2. The number of hydrogen-bond donors (Lipinski definition) is 2. The highest BCUT2D eigenvalue weighted by atomic mass is 35.5. The number of nitrogens with one attached hydrogen (secondary N) is 1. The molecule has 0 aliphatic heterocycles. The fourth-order valence-corrected chi connectivity index (χ4v) is 3.30. The third-order valence-corrected chi connectivity index (χ3v) is 4.59. The minimum Gasteiger partial charge on any atom is -0.353 e. The average molecular weight is 289 g/mol. The molecule has 2 aliphatic carbocycles. The van der Waals surface area contributed by atoms with Crippen LogP contribution in [-0.4, -0.2) is 18.0 Å². The molecule has 0 spiro atoms. The van der Waals surface area contributed by atoms with Crippen LogP contribution >= 0.6 is 12.4 Å². The van der Waals surface area contributed by atoms with Crippen molar-refractivity contribution in [3.8, 4) is 0 Å². The fourth-order valence-electron chi connectivity index (χ4n) is 3.30. The molecule has 0 aromatic carbocycles. The first-order chi connectivity index (χ1) is 8.75. The molecule has 2 rings (SSSR count). The van der Waals surface area contributed by atoms with Crippen LogP contribution in [0.1, 0.15) is 70.6 Å². The van der Waals surface area contributed by atoms with Gasteiger partial charge >= 0.3 is 0 Å². The highest BCUT2D eigenvalue weighted by Crippen LogP contribution is 2.23. The first kappa shape index (κ1) is 16.8. The molecule has 19 heavy (non-hydrogen) atoms. The Hall–Kier alpha value is -0.280. The van der Waals surface area contributed by atoms with Gasteiger partial charge in [0.05, 0.1) is 0 Å². The molecular formula is C15H29ClN2O. The molecule has 0 heterocycles. The van der Waals surface area contributed by atoms with Gasteiger partial charge in [-0.05, 0) is 38.5 Å². The molecule has 0 bridgehead atoms. The Morgan fingerprint density at radius 3 is 1.95 bits per heavy atom. The maximum atomic E-state index is 12.3. The minimum absolute atomic E-state index is 0. The molecule has 0 aromatic rings. The van der Waals surface area contributed by atoms with Crippen LogP contribution in [0, 0.1) is 5.92 Å². The first-order valence-corrected chi connectivity index (χ1v) is 7.81. The van der Waals surface area contributed by atoms with Gasteiger partial charge in [0.2, 0.25) is 5.91 Å². The first-order valence-electron chi connectivity index (χ1n) is 7.81. The zero-order valence-electron chi connectivity index (χ0n) is 11.9. The molecule has 0 unspecified atom stereocenters. The molecule has 2 fully saturated rings. The maximum absolute atomic E-state index is 12.3. The van der Waals surface area contributed by atoms with E-state index in [9.17, 15) is 4.79 Å². The Morgan fingerprint density at radius 2 is 1.37 bits per heavy atom. The van der Waals surface area contributed by atoms with Crippen molar-refractivity contribution in [2.24, 2.45) is 11.7 Å². The number of halogens is 1. The topological polar surface area (TPSA) is 55.1 Å². The summed E-state index contributed by atoms with van der Waals surface area (Å²) in [6.07, 6.45) is 12.9. The standard InChI is InChI=1S/C15H28N2O.ClH/c16-13-8-10-14(11-9-13)17-15(18)12-6-4-2-1-3-5-7-12;/h12-14H,1-11,16H2,(H,17,18);1H. The van der Waals surface area contributed by atoms with Crippen LogP contribution in [-0.2, 0) is 4.79 Å². The van der Waals surface area contributed by atoms with Crippen LogP contribution in [0.2, 0.25) is 0 Å². The second-order valence-corrected chi connectivity index (χ2v) is 6.16. The number of carbonyl (C=O) groups excluding carboxylic acids is 1. The van der Waals surface area contributed by atoms with Crippen molar-refractivity contribution in [3.63, 3.8) is 0 Å². The molecule has 2 aliphatic rings. The fraction of sp³-hybridized carbons (Fsp3) is 0.933. The van der Waals surface area contributed by atoms with E-state index in [-0.39, 0.29) is 18.3 Å². The van der Waals surface area contributed by atoms with Gasteiger partial charge in [0, 0.05) is 18.0 Å². The SMILES string of the molecule is Cl.NC1CCC(NC(=O)C2CCCCCCC2)CC1. The van der Waals surface area contributed by atoms with Crippen LogP contribution in [0.3, 0.4) is 0 Å². The Morgan fingerprint density at radius 1 is 0.842 bits per heavy atom. The predicted molar refractivity (Wildman–Crippen MR) is 81.4 cm³/mol. The van der Waals surface area contributed by atoms with E-state index in [1.54, 1.807) is 0 Å². The summed E-state index contributed by atoms with van der Waals surface area (Å²) in [5.41, 5.74) is 5.90. The van der Waals surface area contributed by atoms with Gasteiger partial charge in [-0.25, -0.2) is 0 Å². The van der Waals surface area contributed by atoms with Crippen molar-refractivity contribution >= 4 is 18.3 Å². The minimum atomic E-state index is 0. The number of nitrogens with two attached hydrogens (primary N) is 1. The lowest BCUT2D eigenvalue weighted by molar-refractivity contribution is -0.126. The third-order valence-electron chi connectivity index (χ3n) is 4.59. The van der Waals surface area contributed by atoms with Crippen molar-refractivity contribution in [2.75, 3.05) is 0 Å². The molecular weight excluding hydrogens is 260 g/mol. The lowest BCUT2D eigenvalue weighted by Gasteiger charge is -2.29. The van der Waals surface area contributed by atoms with E-state index in [0.717, 1.165) is 38.5 Å². The molecule has 4 heteroatoms. The molecule has 0 atom stereocenters. The molecule has 3 N–H and O–H groups in total. The molecule has 0 radical (unpaired) electrons. The van der Waals surface area contributed by atoms with E-state index in [2.05, 4.69) is 5.32 Å². The van der Waals surface area contributed by atoms with Gasteiger partial charge in [-0.2, -0.15) is 0 Å². The van der Waals surface area contributed by atoms with Crippen LogP contribution < -0.4 is 11.1 Å². The summed E-state index contributed by atoms with van der Waals surface area (Å²) in [4.78, 5) is 12.3. The van der Waals surface area contributed by atoms with E-state index >= 15 is 0 Å². The summed E-state index contributed by atoms with van der Waals surface area (Å²) >= 11 is 0. The number of carbonyl (C=O) groups is 1. The molecule has 2 saturated carbocycles. The van der Waals surface area contributed by atoms with Crippen molar-refractivity contribution in [1.82, 2.24) is 5.32 Å². The van der Waals surface area contributed by atoms with Gasteiger partial charge in [-0.15, -0.1) is 12.4 Å². The van der Waals surface area contributed by atoms with Gasteiger partial charge in [-0.1, -0.05) is 32.1 Å². The van der Waals surface area contributed by atoms with Crippen LogP contribution in [0.4, 0.5) is 0 Å². The van der Waals surface area contributed by atoms with Crippen molar-refractivity contribution < 1.29 is 4.79 Å². The van der Waals surface area contributed by atoms with Gasteiger partial charge in [0.15, 0.2) is 0 Å². The van der Waals surface area contributed by atoms with Crippen LogP contribution in [0.15, 0.2) is 0 Å². The van der Waals surface area contributed by atoms with Crippen LogP contribution in [0.25, 0.3) is 0 Å². The largest absolute Gasteiger partial charge is 0.353 e. The van der Waals surface area contributed by atoms with Crippen molar-refractivity contribution in [1.29, 1.82) is 0 Å². The predicted octanol–water partition coefficient (Wildman–Crippen LogP) is 3.15. The van der Waals surface area contributed by atoms with E-state index in [1.807, 2.05) is 0 Å². The monoisotopic (exact) mass is 288 g/mol. The van der Waals surface area contributed by atoms with Crippen LogP contribution in [0.5, 0.6) is 0 Å². The zero-order chi connectivity index (χ0) is 12.8. The number of rotatable bonds is 2. The summed E-state index contributed by atoms with van der Waals surface area (Å²) in [7, 11) is 0. The molecule has 1 amide bonds. The zero-order valence-corrected chi connectivity index (χ0v) is 12.7. The van der Waals surface area contributed by atoms with E-state index < -0.39 is 0 Å². The van der Waals surface area contributed by atoms with Crippen molar-refractivity contribution in [2.45, 2.75) is 82.7 Å². The van der Waals surface area contributed by atoms with Gasteiger partial charge < -0.3 is 11.1 Å². The van der Waals surface area contributed by atoms with E-state index in [1.165, 1.54) is 32.1 Å². The van der Waals surface area contributed by atoms with Gasteiger partial charge in [-0.3, -0.25) is 4.79 Å². The number of amides is 1. The molecule has 112 valence electrons. The lowest BCUT2D eigenvalue weighted by atomic mass is 9.88.